The second kappa shape index (κ2) is 6.13. The van der Waals surface area contributed by atoms with E-state index in [1.807, 2.05) is 20.8 Å². The Kier molecular flexibility index (Phi) is 4.44. The van der Waals surface area contributed by atoms with Crippen molar-refractivity contribution in [2.24, 2.45) is 10.9 Å². The number of nitrogens with zero attached hydrogens (tertiary/aromatic N) is 2. The zero-order chi connectivity index (χ0) is 16.3. The topological polar surface area (TPSA) is 97.4 Å². The molecule has 0 atom stereocenters. The average Bonchev–Trinajstić information content (AvgIpc) is 2.40. The molecule has 0 aromatic heterocycles. The van der Waals surface area contributed by atoms with Crippen molar-refractivity contribution in [2.75, 3.05) is 13.1 Å². The second-order valence-electron chi connectivity index (χ2n) is 6.13. The largest absolute Gasteiger partial charge is 0.487 e. The molecule has 0 spiro atoms. The number of carbonyl (C=O) groups excluding carboxylic acids is 1. The summed E-state index contributed by atoms with van der Waals surface area (Å²) in [6, 6.07) is 6.89. The van der Waals surface area contributed by atoms with Crippen LogP contribution >= 0.6 is 0 Å². The lowest BCUT2D eigenvalue weighted by molar-refractivity contribution is -0.0221. The summed E-state index contributed by atoms with van der Waals surface area (Å²) in [7, 11) is 0. The molecule has 22 heavy (non-hydrogen) atoms. The van der Waals surface area contributed by atoms with Gasteiger partial charge in [-0.15, -0.1) is 0 Å². The van der Waals surface area contributed by atoms with Crippen molar-refractivity contribution in [3.8, 4) is 5.75 Å². The van der Waals surface area contributed by atoms with Crippen molar-refractivity contribution in [3.05, 3.63) is 29.8 Å². The summed E-state index contributed by atoms with van der Waals surface area (Å²) in [5, 5.41) is 11.5. The lowest BCUT2D eigenvalue weighted by atomic mass is 10.1. The Labute approximate surface area is 129 Å². The Hall–Kier alpha value is -2.44. The molecule has 1 aromatic carbocycles. The van der Waals surface area contributed by atoms with Gasteiger partial charge < -0.3 is 25.3 Å². The Morgan fingerprint density at radius 3 is 2.41 bits per heavy atom. The van der Waals surface area contributed by atoms with Crippen molar-refractivity contribution in [3.63, 3.8) is 0 Å². The van der Waals surface area contributed by atoms with Crippen LogP contribution in [0.3, 0.4) is 0 Å². The number of hydrogen-bond acceptors (Lipinski definition) is 5. The number of oxime groups is 1. The van der Waals surface area contributed by atoms with Crippen molar-refractivity contribution < 1.29 is 19.5 Å². The van der Waals surface area contributed by atoms with E-state index in [1.54, 1.807) is 29.2 Å². The molecule has 1 saturated heterocycles. The molecule has 0 unspecified atom stereocenters. The summed E-state index contributed by atoms with van der Waals surface area (Å²) in [5.41, 5.74) is 5.60. The summed E-state index contributed by atoms with van der Waals surface area (Å²) in [6.07, 6.45) is -0.378. The van der Waals surface area contributed by atoms with Gasteiger partial charge >= 0.3 is 6.09 Å². The first-order valence-electron chi connectivity index (χ1n) is 7.01. The van der Waals surface area contributed by atoms with Gasteiger partial charge in [0.05, 0.1) is 13.1 Å². The summed E-state index contributed by atoms with van der Waals surface area (Å²) >= 11 is 0. The van der Waals surface area contributed by atoms with Gasteiger partial charge in [0.15, 0.2) is 5.84 Å². The van der Waals surface area contributed by atoms with Crippen molar-refractivity contribution in [1.82, 2.24) is 4.90 Å². The fourth-order valence-electron chi connectivity index (χ4n) is 1.94. The smallest absolute Gasteiger partial charge is 0.410 e. The number of carbonyl (C=O) groups is 1. The minimum atomic E-state index is -0.493. The van der Waals surface area contributed by atoms with Gasteiger partial charge in [0, 0.05) is 5.56 Å². The standard InChI is InChI=1S/C15H21N3O4/c1-15(2,3)22-14(19)18-8-12(9-18)21-11-6-4-10(5-7-11)13(16)17-20/h4-7,12,20H,8-9H2,1-3H3,(H2,16,17). The normalized spacial score (nSPS) is 16.1. The number of hydrogen-bond donors (Lipinski definition) is 2. The first-order chi connectivity index (χ1) is 10.3. The molecule has 0 saturated carbocycles. The van der Waals surface area contributed by atoms with Crippen LogP contribution in [0.4, 0.5) is 4.79 Å². The number of nitrogens with two attached hydrogens (primary N) is 1. The minimum absolute atomic E-state index is 0.0475. The number of likely N-dealkylation sites (tertiary alicyclic amines) is 1. The maximum Gasteiger partial charge on any atom is 0.410 e. The molecule has 0 radical (unpaired) electrons. The van der Waals surface area contributed by atoms with Crippen LogP contribution in [0, 0.1) is 0 Å². The van der Waals surface area contributed by atoms with E-state index in [0.29, 0.717) is 24.4 Å². The number of amidine groups is 1. The van der Waals surface area contributed by atoms with Crippen LogP contribution in [0.5, 0.6) is 5.75 Å². The average molecular weight is 307 g/mol. The van der Waals surface area contributed by atoms with E-state index in [1.165, 1.54) is 0 Å². The van der Waals surface area contributed by atoms with Gasteiger partial charge in [0.2, 0.25) is 0 Å². The van der Waals surface area contributed by atoms with Crippen LogP contribution in [0.15, 0.2) is 29.4 Å². The molecule has 1 amide bonds. The molecular weight excluding hydrogens is 286 g/mol. The quantitative estimate of drug-likeness (QED) is 0.384. The van der Waals surface area contributed by atoms with Gasteiger partial charge in [-0.2, -0.15) is 0 Å². The third-order valence-electron chi connectivity index (χ3n) is 3.06. The highest BCUT2D eigenvalue weighted by Gasteiger charge is 2.35. The van der Waals surface area contributed by atoms with E-state index < -0.39 is 5.60 Å². The van der Waals surface area contributed by atoms with Crippen LogP contribution in [0.1, 0.15) is 26.3 Å². The van der Waals surface area contributed by atoms with E-state index in [4.69, 9.17) is 20.4 Å². The molecule has 0 aliphatic carbocycles. The molecule has 7 nitrogen and oxygen atoms in total. The summed E-state index contributed by atoms with van der Waals surface area (Å²) in [5.74, 6) is 0.717. The van der Waals surface area contributed by atoms with Crippen LogP contribution in [-0.2, 0) is 4.74 Å². The molecular formula is C15H21N3O4. The predicted molar refractivity (Wildman–Crippen MR) is 81.2 cm³/mol. The zero-order valence-electron chi connectivity index (χ0n) is 12.9. The lowest BCUT2D eigenvalue weighted by Gasteiger charge is -2.39. The first-order valence-corrected chi connectivity index (χ1v) is 7.01. The number of rotatable bonds is 3. The minimum Gasteiger partial charge on any atom is -0.487 e. The molecule has 1 aliphatic rings. The van der Waals surface area contributed by atoms with Gasteiger partial charge in [-0.05, 0) is 45.0 Å². The number of amides is 1. The highest BCUT2D eigenvalue weighted by Crippen LogP contribution is 2.20. The van der Waals surface area contributed by atoms with Crippen LogP contribution < -0.4 is 10.5 Å². The van der Waals surface area contributed by atoms with Gasteiger partial charge in [-0.1, -0.05) is 5.16 Å². The zero-order valence-corrected chi connectivity index (χ0v) is 12.9. The maximum absolute atomic E-state index is 11.8. The van der Waals surface area contributed by atoms with Crippen molar-refractivity contribution >= 4 is 11.9 Å². The van der Waals surface area contributed by atoms with Gasteiger partial charge in [-0.25, -0.2) is 4.79 Å². The van der Waals surface area contributed by atoms with E-state index in [-0.39, 0.29) is 18.0 Å². The fourth-order valence-corrected chi connectivity index (χ4v) is 1.94. The monoisotopic (exact) mass is 307 g/mol. The summed E-state index contributed by atoms with van der Waals surface area (Å²) in [4.78, 5) is 13.4. The summed E-state index contributed by atoms with van der Waals surface area (Å²) < 4.78 is 11.0. The third kappa shape index (κ3) is 4.03. The van der Waals surface area contributed by atoms with Crippen LogP contribution in [0.2, 0.25) is 0 Å². The Balaban J connectivity index is 1.82. The Morgan fingerprint density at radius 2 is 1.91 bits per heavy atom. The summed E-state index contributed by atoms with van der Waals surface area (Å²) in [6.45, 7) is 6.50. The SMILES string of the molecule is CC(C)(C)OC(=O)N1CC(Oc2ccc(/C(N)=N/O)cc2)C1. The molecule has 1 heterocycles. The fraction of sp³-hybridized carbons (Fsp3) is 0.467. The predicted octanol–water partition coefficient (Wildman–Crippen LogP) is 1.78. The lowest BCUT2D eigenvalue weighted by Crippen LogP contribution is -2.57. The molecule has 1 aromatic rings. The Bertz CT molecular complexity index is 557. The highest BCUT2D eigenvalue weighted by atomic mass is 16.6. The van der Waals surface area contributed by atoms with Gasteiger partial charge in [0.25, 0.3) is 0 Å². The molecule has 1 aliphatic heterocycles. The molecule has 1 fully saturated rings. The first kappa shape index (κ1) is 15.9. The van der Waals surface area contributed by atoms with E-state index in [9.17, 15) is 4.79 Å². The molecule has 3 N–H and O–H groups in total. The van der Waals surface area contributed by atoms with Crippen LogP contribution in [0.25, 0.3) is 0 Å². The molecule has 7 heteroatoms. The second-order valence-corrected chi connectivity index (χ2v) is 6.13. The molecule has 120 valence electrons. The Morgan fingerprint density at radius 1 is 1.32 bits per heavy atom. The van der Waals surface area contributed by atoms with E-state index in [2.05, 4.69) is 5.16 Å². The van der Waals surface area contributed by atoms with Gasteiger partial charge in [-0.3, -0.25) is 0 Å². The van der Waals surface area contributed by atoms with Crippen molar-refractivity contribution in [2.45, 2.75) is 32.5 Å². The van der Waals surface area contributed by atoms with Gasteiger partial charge in [0.1, 0.15) is 17.5 Å². The molecule has 0 bridgehead atoms. The number of ether oxygens (including phenoxy) is 2. The van der Waals surface area contributed by atoms with E-state index in [0.717, 1.165) is 0 Å². The highest BCUT2D eigenvalue weighted by molar-refractivity contribution is 5.97. The third-order valence-corrected chi connectivity index (χ3v) is 3.06. The molecule has 2 rings (SSSR count). The van der Waals surface area contributed by atoms with Crippen molar-refractivity contribution in [1.29, 1.82) is 0 Å². The van der Waals surface area contributed by atoms with E-state index >= 15 is 0 Å². The number of benzene rings is 1. The maximum atomic E-state index is 11.8. The van der Waals surface area contributed by atoms with Crippen LogP contribution in [-0.4, -0.2) is 46.8 Å².